The van der Waals surface area contributed by atoms with E-state index in [-0.39, 0.29) is 6.10 Å². The Kier molecular flexibility index (Phi) is 8.10. The van der Waals surface area contributed by atoms with Crippen LogP contribution in [0.3, 0.4) is 0 Å². The molecule has 0 aliphatic carbocycles. The van der Waals surface area contributed by atoms with Gasteiger partial charge in [-0.2, -0.15) is 0 Å². The highest BCUT2D eigenvalue weighted by molar-refractivity contribution is 9.10. The highest BCUT2D eigenvalue weighted by Crippen LogP contribution is 2.21. The molecule has 1 aromatic rings. The average molecular weight is 366 g/mol. The molecule has 1 aromatic carbocycles. The van der Waals surface area contributed by atoms with Crippen LogP contribution in [0.2, 0.25) is 0 Å². The first kappa shape index (κ1) is 15.2. The molecule has 0 aliphatic rings. The largest absolute Gasteiger partial charge is 0.379 e. The quantitative estimate of drug-likeness (QED) is 0.504. The van der Waals surface area contributed by atoms with Gasteiger partial charge in [0, 0.05) is 16.4 Å². The summed E-state index contributed by atoms with van der Waals surface area (Å²) in [6, 6.07) is 8.20. The molecular formula is C13H18Br2O2. The third-order valence-corrected chi connectivity index (χ3v) is 3.39. The Balaban J connectivity index is 2.35. The maximum Gasteiger partial charge on any atom is 0.0922 e. The molecule has 0 radical (unpaired) electrons. The van der Waals surface area contributed by atoms with Crippen LogP contribution in [0.5, 0.6) is 0 Å². The molecule has 0 aliphatic heterocycles. The lowest BCUT2D eigenvalue weighted by atomic mass is 10.1. The minimum atomic E-state index is 0.0910. The monoisotopic (exact) mass is 364 g/mol. The van der Waals surface area contributed by atoms with E-state index in [1.165, 1.54) is 5.56 Å². The van der Waals surface area contributed by atoms with Crippen molar-refractivity contribution in [3.63, 3.8) is 0 Å². The average Bonchev–Trinajstić information content (AvgIpc) is 2.35. The Labute approximate surface area is 120 Å². The van der Waals surface area contributed by atoms with E-state index in [4.69, 9.17) is 9.47 Å². The molecular weight excluding hydrogens is 348 g/mol. The highest BCUT2D eigenvalue weighted by Gasteiger charge is 2.09. The van der Waals surface area contributed by atoms with Crippen LogP contribution in [-0.2, 0) is 9.47 Å². The van der Waals surface area contributed by atoms with Crippen LogP contribution in [0.1, 0.15) is 25.0 Å². The van der Waals surface area contributed by atoms with Crippen molar-refractivity contribution in [2.75, 3.05) is 25.2 Å². The molecule has 0 N–H and O–H groups in total. The summed E-state index contributed by atoms with van der Waals surface area (Å²) in [5, 5.41) is 0.794. The molecule has 1 unspecified atom stereocenters. The van der Waals surface area contributed by atoms with Crippen molar-refractivity contribution in [1.29, 1.82) is 0 Å². The Hall–Kier alpha value is 0.1000. The van der Waals surface area contributed by atoms with Gasteiger partial charge in [0.25, 0.3) is 0 Å². The van der Waals surface area contributed by atoms with Gasteiger partial charge in [0.1, 0.15) is 0 Å². The summed E-state index contributed by atoms with van der Waals surface area (Å²) in [5.41, 5.74) is 1.18. The lowest BCUT2D eigenvalue weighted by Gasteiger charge is -2.16. The lowest BCUT2D eigenvalue weighted by molar-refractivity contribution is 0.0141. The smallest absolute Gasteiger partial charge is 0.0922 e. The molecule has 0 bridgehead atoms. The third kappa shape index (κ3) is 6.00. The van der Waals surface area contributed by atoms with Crippen molar-refractivity contribution in [2.24, 2.45) is 0 Å². The number of hydrogen-bond donors (Lipinski definition) is 0. The van der Waals surface area contributed by atoms with Gasteiger partial charge in [-0.05, 0) is 24.1 Å². The minimum absolute atomic E-state index is 0.0910. The number of halogens is 2. The van der Waals surface area contributed by atoms with Crippen LogP contribution in [0.25, 0.3) is 0 Å². The fourth-order valence-electron chi connectivity index (χ4n) is 1.40. The zero-order valence-electron chi connectivity index (χ0n) is 9.99. The molecule has 1 atom stereocenters. The molecule has 0 fully saturated rings. The molecule has 0 amide bonds. The van der Waals surface area contributed by atoms with Gasteiger partial charge in [-0.3, -0.25) is 0 Å². The second kappa shape index (κ2) is 9.09. The third-order valence-electron chi connectivity index (χ3n) is 2.28. The summed E-state index contributed by atoms with van der Waals surface area (Å²) in [7, 11) is 0. The molecule has 1 rings (SSSR count). The maximum atomic E-state index is 5.78. The van der Waals surface area contributed by atoms with Crippen molar-refractivity contribution in [1.82, 2.24) is 0 Å². The Bertz CT molecular complexity index is 301. The molecule has 2 nitrogen and oxygen atoms in total. The number of rotatable bonds is 8. The number of alkyl halides is 1. The van der Waals surface area contributed by atoms with E-state index < -0.39 is 0 Å². The SMILES string of the molecule is CCCOCCOC(CBr)c1ccc(Br)cc1. The van der Waals surface area contributed by atoms with E-state index in [1.807, 2.05) is 12.1 Å². The first-order valence-corrected chi connectivity index (χ1v) is 7.70. The summed E-state index contributed by atoms with van der Waals surface area (Å²) < 4.78 is 12.2. The normalized spacial score (nSPS) is 12.6. The van der Waals surface area contributed by atoms with E-state index in [9.17, 15) is 0 Å². The van der Waals surface area contributed by atoms with E-state index in [2.05, 4.69) is 50.9 Å². The number of hydrogen-bond acceptors (Lipinski definition) is 2. The van der Waals surface area contributed by atoms with Crippen LogP contribution in [0.4, 0.5) is 0 Å². The highest BCUT2D eigenvalue weighted by atomic mass is 79.9. The van der Waals surface area contributed by atoms with E-state index >= 15 is 0 Å². The molecule has 96 valence electrons. The minimum Gasteiger partial charge on any atom is -0.379 e. The predicted molar refractivity (Wildman–Crippen MR) is 77.7 cm³/mol. The van der Waals surface area contributed by atoms with E-state index in [1.54, 1.807) is 0 Å². The number of ether oxygens (including phenoxy) is 2. The first-order valence-electron chi connectivity index (χ1n) is 5.78. The van der Waals surface area contributed by atoms with Crippen LogP contribution in [-0.4, -0.2) is 25.2 Å². The summed E-state index contributed by atoms with van der Waals surface area (Å²) in [4.78, 5) is 0. The van der Waals surface area contributed by atoms with Crippen LogP contribution in [0.15, 0.2) is 28.7 Å². The van der Waals surface area contributed by atoms with Gasteiger partial charge in [-0.15, -0.1) is 0 Å². The molecule has 0 aromatic heterocycles. The zero-order chi connectivity index (χ0) is 12.5. The summed E-state index contributed by atoms with van der Waals surface area (Å²) >= 11 is 6.90. The van der Waals surface area contributed by atoms with Gasteiger partial charge in [0.15, 0.2) is 0 Å². The fraction of sp³-hybridized carbons (Fsp3) is 0.538. The Morgan fingerprint density at radius 1 is 1.12 bits per heavy atom. The van der Waals surface area contributed by atoms with Gasteiger partial charge < -0.3 is 9.47 Å². The van der Waals surface area contributed by atoms with Crippen molar-refractivity contribution in [2.45, 2.75) is 19.4 Å². The van der Waals surface area contributed by atoms with Crippen molar-refractivity contribution >= 4 is 31.9 Å². The van der Waals surface area contributed by atoms with Crippen LogP contribution >= 0.6 is 31.9 Å². The second-order valence-electron chi connectivity index (χ2n) is 3.68. The molecule has 0 heterocycles. The predicted octanol–water partition coefficient (Wildman–Crippen LogP) is 4.33. The van der Waals surface area contributed by atoms with Crippen molar-refractivity contribution < 1.29 is 9.47 Å². The van der Waals surface area contributed by atoms with Crippen molar-refractivity contribution in [3.05, 3.63) is 34.3 Å². The zero-order valence-corrected chi connectivity index (χ0v) is 13.2. The second-order valence-corrected chi connectivity index (χ2v) is 5.24. The van der Waals surface area contributed by atoms with Gasteiger partial charge >= 0.3 is 0 Å². The van der Waals surface area contributed by atoms with E-state index in [0.29, 0.717) is 13.2 Å². The van der Waals surface area contributed by atoms with Gasteiger partial charge in [0.05, 0.1) is 19.3 Å². The van der Waals surface area contributed by atoms with Crippen LogP contribution < -0.4 is 0 Å². The van der Waals surface area contributed by atoms with Gasteiger partial charge in [-0.25, -0.2) is 0 Å². The summed E-state index contributed by atoms with van der Waals surface area (Å²) in [6.45, 7) is 4.20. The molecule has 17 heavy (non-hydrogen) atoms. The van der Waals surface area contributed by atoms with Crippen molar-refractivity contribution in [3.8, 4) is 0 Å². The van der Waals surface area contributed by atoms with Gasteiger partial charge in [0.2, 0.25) is 0 Å². The first-order chi connectivity index (χ1) is 8.27. The number of benzene rings is 1. The standard InChI is InChI=1S/C13H18Br2O2/c1-2-7-16-8-9-17-13(10-14)11-3-5-12(15)6-4-11/h3-6,13H,2,7-10H2,1H3. The lowest BCUT2D eigenvalue weighted by Crippen LogP contribution is -2.11. The summed E-state index contributed by atoms with van der Waals surface area (Å²) in [6.07, 6.45) is 1.14. The molecule has 0 saturated carbocycles. The maximum absolute atomic E-state index is 5.78. The Morgan fingerprint density at radius 2 is 1.82 bits per heavy atom. The van der Waals surface area contributed by atoms with Crippen LogP contribution in [0, 0.1) is 0 Å². The van der Waals surface area contributed by atoms with Gasteiger partial charge in [-0.1, -0.05) is 50.9 Å². The molecule has 4 heteroatoms. The Morgan fingerprint density at radius 3 is 2.41 bits per heavy atom. The molecule has 0 saturated heterocycles. The fourth-order valence-corrected chi connectivity index (χ4v) is 2.23. The summed E-state index contributed by atoms with van der Waals surface area (Å²) in [5.74, 6) is 0. The van der Waals surface area contributed by atoms with E-state index in [0.717, 1.165) is 22.8 Å². The molecule has 0 spiro atoms. The topological polar surface area (TPSA) is 18.5 Å².